The summed E-state index contributed by atoms with van der Waals surface area (Å²) in [6, 6.07) is 13.6. The van der Waals surface area contributed by atoms with Crippen LogP contribution in [-0.2, 0) is 0 Å². The zero-order chi connectivity index (χ0) is 17.8. The van der Waals surface area contributed by atoms with E-state index in [1.807, 2.05) is 0 Å². The average Bonchev–Trinajstić information content (AvgIpc) is 3.08. The van der Waals surface area contributed by atoms with Gasteiger partial charge in [-0.3, -0.25) is 9.59 Å². The monoisotopic (exact) mass is 336 g/mol. The molecule has 2 amide bonds. The van der Waals surface area contributed by atoms with Gasteiger partial charge in [-0.1, -0.05) is 17.3 Å². The van der Waals surface area contributed by atoms with Crippen LogP contribution in [0, 0.1) is 6.92 Å². The summed E-state index contributed by atoms with van der Waals surface area (Å²) in [5, 5.41) is 9.04. The van der Waals surface area contributed by atoms with E-state index in [-0.39, 0.29) is 11.8 Å². The van der Waals surface area contributed by atoms with Gasteiger partial charge in [0, 0.05) is 18.2 Å². The van der Waals surface area contributed by atoms with E-state index in [2.05, 4.69) is 20.8 Å². The molecule has 0 fully saturated rings. The van der Waals surface area contributed by atoms with E-state index in [1.165, 1.54) is 0 Å². The molecule has 0 saturated heterocycles. The molecule has 3 rings (SSSR count). The Morgan fingerprint density at radius 2 is 1.72 bits per heavy atom. The number of anilines is 1. The molecule has 1 heterocycles. The molecule has 7 nitrogen and oxygen atoms in total. The summed E-state index contributed by atoms with van der Waals surface area (Å²) in [7, 11) is 1.54. The number of nitrogens with one attached hydrogen (secondary N) is 2. The second-order valence-electron chi connectivity index (χ2n) is 5.30. The van der Waals surface area contributed by atoms with Crippen LogP contribution < -0.4 is 10.6 Å². The van der Waals surface area contributed by atoms with Gasteiger partial charge >= 0.3 is 0 Å². The lowest BCUT2D eigenvalue weighted by atomic mass is 10.1. The number of amides is 2. The highest BCUT2D eigenvalue weighted by molar-refractivity contribution is 6.09. The second kappa shape index (κ2) is 6.96. The number of benzene rings is 2. The van der Waals surface area contributed by atoms with Crippen LogP contribution >= 0.6 is 0 Å². The highest BCUT2D eigenvalue weighted by Crippen LogP contribution is 2.19. The predicted octanol–water partition coefficient (Wildman–Crippen LogP) is 2.66. The first-order valence-corrected chi connectivity index (χ1v) is 7.61. The maximum Gasteiger partial charge on any atom is 0.257 e. The van der Waals surface area contributed by atoms with E-state index >= 15 is 0 Å². The predicted molar refractivity (Wildman–Crippen MR) is 92.3 cm³/mol. The molecule has 1 aromatic heterocycles. The van der Waals surface area contributed by atoms with Crippen LogP contribution in [0.4, 0.5) is 5.69 Å². The third kappa shape index (κ3) is 3.55. The molecule has 0 aliphatic rings. The van der Waals surface area contributed by atoms with Crippen LogP contribution in [0.5, 0.6) is 0 Å². The molecule has 7 heteroatoms. The van der Waals surface area contributed by atoms with Gasteiger partial charge in [0.1, 0.15) is 0 Å². The molecular weight excluding hydrogens is 320 g/mol. The molecule has 0 unspecified atom stereocenters. The number of para-hydroxylation sites is 1. The number of hydrogen-bond acceptors (Lipinski definition) is 5. The van der Waals surface area contributed by atoms with E-state index in [9.17, 15) is 9.59 Å². The summed E-state index contributed by atoms with van der Waals surface area (Å²) in [4.78, 5) is 28.4. The van der Waals surface area contributed by atoms with Gasteiger partial charge < -0.3 is 15.2 Å². The lowest BCUT2D eigenvalue weighted by molar-refractivity contribution is 0.0964. The molecule has 0 atom stereocenters. The fourth-order valence-corrected chi connectivity index (χ4v) is 2.30. The van der Waals surface area contributed by atoms with Crippen molar-refractivity contribution in [1.82, 2.24) is 15.5 Å². The average molecular weight is 336 g/mol. The van der Waals surface area contributed by atoms with E-state index in [1.54, 1.807) is 62.5 Å². The largest absolute Gasteiger partial charge is 0.355 e. The molecule has 0 saturated carbocycles. The number of aromatic nitrogens is 2. The van der Waals surface area contributed by atoms with E-state index in [0.29, 0.717) is 28.5 Å². The molecule has 126 valence electrons. The SMILES string of the molecule is CNC(=O)c1ccccc1NC(=O)c1ccc(-c2nc(C)no2)cc1. The van der Waals surface area contributed by atoms with Gasteiger partial charge in [-0.15, -0.1) is 0 Å². The third-order valence-electron chi connectivity index (χ3n) is 3.57. The third-order valence-corrected chi connectivity index (χ3v) is 3.57. The minimum atomic E-state index is -0.315. The van der Waals surface area contributed by atoms with Gasteiger partial charge in [0.05, 0.1) is 11.3 Å². The fourth-order valence-electron chi connectivity index (χ4n) is 2.30. The zero-order valence-electron chi connectivity index (χ0n) is 13.7. The highest BCUT2D eigenvalue weighted by atomic mass is 16.5. The Labute approximate surface area is 144 Å². The van der Waals surface area contributed by atoms with Crippen molar-refractivity contribution in [2.45, 2.75) is 6.92 Å². The Morgan fingerprint density at radius 1 is 1.00 bits per heavy atom. The molecule has 0 aliphatic carbocycles. The molecule has 2 aromatic carbocycles. The topological polar surface area (TPSA) is 97.1 Å². The standard InChI is InChI=1S/C18H16N4O3/c1-11-20-18(25-22-11)13-9-7-12(8-10-13)16(23)21-15-6-4-3-5-14(15)17(24)19-2/h3-10H,1-2H3,(H,19,24)(H,21,23). The van der Waals surface area contributed by atoms with Gasteiger partial charge in [-0.05, 0) is 43.3 Å². The molecule has 0 spiro atoms. The number of hydrogen-bond donors (Lipinski definition) is 2. The van der Waals surface area contributed by atoms with Gasteiger partial charge in [-0.2, -0.15) is 4.98 Å². The Hall–Kier alpha value is -3.48. The first-order chi connectivity index (χ1) is 12.1. The first-order valence-electron chi connectivity index (χ1n) is 7.61. The Bertz CT molecular complexity index is 916. The van der Waals surface area contributed by atoms with Gasteiger partial charge in [-0.25, -0.2) is 0 Å². The molecule has 25 heavy (non-hydrogen) atoms. The molecular formula is C18H16N4O3. The summed E-state index contributed by atoms with van der Waals surface area (Å²) in [5.41, 5.74) is 2.02. The summed E-state index contributed by atoms with van der Waals surface area (Å²) >= 11 is 0. The van der Waals surface area contributed by atoms with Crippen molar-refractivity contribution in [3.05, 3.63) is 65.5 Å². The maximum atomic E-state index is 12.4. The smallest absolute Gasteiger partial charge is 0.257 e. The summed E-state index contributed by atoms with van der Waals surface area (Å²) in [6.07, 6.45) is 0. The lowest BCUT2D eigenvalue weighted by Gasteiger charge is -2.10. The van der Waals surface area contributed by atoms with Crippen molar-refractivity contribution in [1.29, 1.82) is 0 Å². The number of aryl methyl sites for hydroxylation is 1. The Balaban J connectivity index is 1.79. The van der Waals surface area contributed by atoms with Crippen LogP contribution in [0.25, 0.3) is 11.5 Å². The second-order valence-corrected chi connectivity index (χ2v) is 5.30. The minimum absolute atomic E-state index is 0.266. The van der Waals surface area contributed by atoms with Crippen LogP contribution in [-0.4, -0.2) is 29.0 Å². The molecule has 0 bridgehead atoms. The van der Waals surface area contributed by atoms with E-state index in [0.717, 1.165) is 5.56 Å². The van der Waals surface area contributed by atoms with Crippen molar-refractivity contribution >= 4 is 17.5 Å². The number of carbonyl (C=O) groups is 2. The number of carbonyl (C=O) groups excluding carboxylic acids is 2. The molecule has 0 aliphatic heterocycles. The van der Waals surface area contributed by atoms with Crippen molar-refractivity contribution in [2.24, 2.45) is 0 Å². The van der Waals surface area contributed by atoms with E-state index < -0.39 is 0 Å². The molecule has 3 aromatic rings. The highest BCUT2D eigenvalue weighted by Gasteiger charge is 2.13. The quantitative estimate of drug-likeness (QED) is 0.763. The zero-order valence-corrected chi connectivity index (χ0v) is 13.7. The maximum absolute atomic E-state index is 12.4. The van der Waals surface area contributed by atoms with Crippen LogP contribution in [0.1, 0.15) is 26.5 Å². The Morgan fingerprint density at radius 3 is 2.36 bits per heavy atom. The van der Waals surface area contributed by atoms with Gasteiger partial charge in [0.25, 0.3) is 17.7 Å². The van der Waals surface area contributed by atoms with Crippen molar-refractivity contribution in [2.75, 3.05) is 12.4 Å². The first kappa shape index (κ1) is 16.4. The van der Waals surface area contributed by atoms with Crippen LogP contribution in [0.15, 0.2) is 53.1 Å². The number of nitrogens with zero attached hydrogens (tertiary/aromatic N) is 2. The van der Waals surface area contributed by atoms with Gasteiger partial charge in [0.15, 0.2) is 5.82 Å². The normalized spacial score (nSPS) is 10.3. The minimum Gasteiger partial charge on any atom is -0.355 e. The summed E-state index contributed by atoms with van der Waals surface area (Å²) < 4.78 is 5.09. The summed E-state index contributed by atoms with van der Waals surface area (Å²) in [6.45, 7) is 1.73. The van der Waals surface area contributed by atoms with Crippen molar-refractivity contribution in [3.8, 4) is 11.5 Å². The Kier molecular flexibility index (Phi) is 4.56. The number of rotatable bonds is 4. The molecule has 0 radical (unpaired) electrons. The van der Waals surface area contributed by atoms with E-state index in [4.69, 9.17) is 4.52 Å². The van der Waals surface area contributed by atoms with Crippen molar-refractivity contribution in [3.63, 3.8) is 0 Å². The fraction of sp³-hybridized carbons (Fsp3) is 0.111. The molecule has 2 N–H and O–H groups in total. The van der Waals surface area contributed by atoms with Gasteiger partial charge in [0.2, 0.25) is 0 Å². The summed E-state index contributed by atoms with van der Waals surface area (Å²) in [5.74, 6) is 0.361. The van der Waals surface area contributed by atoms with Crippen LogP contribution in [0.3, 0.4) is 0 Å². The lowest BCUT2D eigenvalue weighted by Crippen LogP contribution is -2.21. The van der Waals surface area contributed by atoms with Crippen molar-refractivity contribution < 1.29 is 14.1 Å². The van der Waals surface area contributed by atoms with Crippen LogP contribution in [0.2, 0.25) is 0 Å².